The number of carbonyl (C=O) groups excluding carboxylic acids is 1. The van der Waals surface area contributed by atoms with Gasteiger partial charge >= 0.3 is 0 Å². The van der Waals surface area contributed by atoms with E-state index in [1.807, 2.05) is 18.2 Å². The lowest BCUT2D eigenvalue weighted by Crippen LogP contribution is -2.41. The Kier molecular flexibility index (Phi) is 4.15. The van der Waals surface area contributed by atoms with Crippen molar-refractivity contribution in [2.45, 2.75) is 6.10 Å². The molecule has 22 heavy (non-hydrogen) atoms. The highest BCUT2D eigenvalue weighted by Crippen LogP contribution is 2.30. The van der Waals surface area contributed by atoms with Crippen LogP contribution in [0.5, 0.6) is 11.5 Å². The monoisotopic (exact) mass is 321 g/mol. The highest BCUT2D eigenvalue weighted by Gasteiger charge is 2.22. The van der Waals surface area contributed by atoms with Crippen molar-refractivity contribution in [2.24, 2.45) is 0 Å². The van der Waals surface area contributed by atoms with Crippen LogP contribution in [0.25, 0.3) is 0 Å². The van der Waals surface area contributed by atoms with Crippen molar-refractivity contribution < 1.29 is 18.7 Å². The lowest BCUT2D eigenvalue weighted by Gasteiger charge is -2.26. The molecule has 0 radical (unpaired) electrons. The van der Waals surface area contributed by atoms with Crippen LogP contribution in [-0.2, 0) is 0 Å². The second-order valence-corrected chi connectivity index (χ2v) is 5.21. The number of fused-ring (bicyclic) bond motifs is 1. The molecule has 0 saturated carbocycles. The van der Waals surface area contributed by atoms with Crippen LogP contribution in [0, 0.1) is 5.82 Å². The third-order valence-corrected chi connectivity index (χ3v) is 3.56. The first kappa shape index (κ1) is 14.7. The maximum atomic E-state index is 13.7. The molecule has 1 N–H and O–H groups in total. The quantitative estimate of drug-likeness (QED) is 0.945. The molecule has 1 heterocycles. The zero-order valence-corrected chi connectivity index (χ0v) is 12.3. The van der Waals surface area contributed by atoms with Crippen molar-refractivity contribution in [1.82, 2.24) is 5.32 Å². The van der Waals surface area contributed by atoms with Gasteiger partial charge in [0, 0.05) is 0 Å². The van der Waals surface area contributed by atoms with Gasteiger partial charge in [-0.2, -0.15) is 0 Å². The van der Waals surface area contributed by atoms with Gasteiger partial charge in [-0.1, -0.05) is 29.8 Å². The van der Waals surface area contributed by atoms with E-state index >= 15 is 0 Å². The average Bonchev–Trinajstić information content (AvgIpc) is 2.52. The van der Waals surface area contributed by atoms with Gasteiger partial charge in [-0.25, -0.2) is 4.39 Å². The zero-order valence-electron chi connectivity index (χ0n) is 11.5. The Balaban J connectivity index is 1.63. The molecule has 2 aromatic carbocycles. The number of hydrogen-bond donors (Lipinski definition) is 1. The van der Waals surface area contributed by atoms with Gasteiger partial charge in [-0.15, -0.1) is 0 Å². The summed E-state index contributed by atoms with van der Waals surface area (Å²) in [7, 11) is 0. The molecule has 1 aliphatic heterocycles. The lowest BCUT2D eigenvalue weighted by molar-refractivity contribution is 0.0787. The van der Waals surface area contributed by atoms with E-state index in [1.54, 1.807) is 6.07 Å². The van der Waals surface area contributed by atoms with Crippen molar-refractivity contribution in [3.05, 3.63) is 58.9 Å². The Bertz CT molecular complexity index is 687. The van der Waals surface area contributed by atoms with E-state index in [-0.39, 0.29) is 23.2 Å². The summed E-state index contributed by atoms with van der Waals surface area (Å²) in [6.45, 7) is 0.500. The summed E-state index contributed by atoms with van der Waals surface area (Å²) in [5.41, 5.74) is -0.165. The van der Waals surface area contributed by atoms with Crippen LogP contribution in [0.3, 0.4) is 0 Å². The van der Waals surface area contributed by atoms with Gasteiger partial charge in [0.2, 0.25) is 0 Å². The van der Waals surface area contributed by atoms with E-state index in [4.69, 9.17) is 21.1 Å². The third-order valence-electron chi connectivity index (χ3n) is 3.25. The number of benzene rings is 2. The Labute approximate surface area is 131 Å². The van der Waals surface area contributed by atoms with E-state index in [0.717, 1.165) is 0 Å². The number of para-hydroxylation sites is 2. The first-order valence-corrected chi connectivity index (χ1v) is 7.13. The third kappa shape index (κ3) is 2.99. The molecule has 0 aliphatic carbocycles. The predicted octanol–water partition coefficient (Wildman–Crippen LogP) is 3.05. The van der Waals surface area contributed by atoms with Crippen molar-refractivity contribution >= 4 is 17.5 Å². The first-order chi connectivity index (χ1) is 10.6. The Morgan fingerprint density at radius 3 is 2.77 bits per heavy atom. The predicted molar refractivity (Wildman–Crippen MR) is 80.1 cm³/mol. The smallest absolute Gasteiger partial charge is 0.255 e. The summed E-state index contributed by atoms with van der Waals surface area (Å²) >= 11 is 5.86. The number of halogens is 2. The Morgan fingerprint density at radius 1 is 1.23 bits per heavy atom. The highest BCUT2D eigenvalue weighted by atomic mass is 35.5. The molecule has 1 atom stereocenters. The van der Waals surface area contributed by atoms with Gasteiger partial charge in [-0.05, 0) is 24.3 Å². The van der Waals surface area contributed by atoms with Gasteiger partial charge in [0.15, 0.2) is 11.5 Å². The summed E-state index contributed by atoms with van der Waals surface area (Å²) in [5.74, 6) is 0.0564. The molecule has 2 aromatic rings. The maximum absolute atomic E-state index is 13.7. The minimum absolute atomic E-state index is 0.0728. The normalized spacial score (nSPS) is 16.2. The van der Waals surface area contributed by atoms with Gasteiger partial charge < -0.3 is 14.8 Å². The number of hydrogen-bond acceptors (Lipinski definition) is 3. The highest BCUT2D eigenvalue weighted by molar-refractivity contribution is 6.33. The first-order valence-electron chi connectivity index (χ1n) is 6.76. The van der Waals surface area contributed by atoms with E-state index in [0.29, 0.717) is 18.1 Å². The lowest BCUT2D eigenvalue weighted by atomic mass is 10.2. The summed E-state index contributed by atoms with van der Waals surface area (Å²) in [6, 6.07) is 11.4. The van der Waals surface area contributed by atoms with E-state index < -0.39 is 11.7 Å². The van der Waals surface area contributed by atoms with E-state index in [1.165, 1.54) is 18.2 Å². The topological polar surface area (TPSA) is 47.6 Å². The van der Waals surface area contributed by atoms with Crippen molar-refractivity contribution in [2.75, 3.05) is 13.2 Å². The molecule has 4 nitrogen and oxygen atoms in total. The molecule has 0 aromatic heterocycles. The second kappa shape index (κ2) is 6.23. The summed E-state index contributed by atoms with van der Waals surface area (Å²) in [4.78, 5) is 12.0. The fraction of sp³-hybridized carbons (Fsp3) is 0.188. The van der Waals surface area contributed by atoms with Crippen LogP contribution in [0.4, 0.5) is 4.39 Å². The number of ether oxygens (including phenoxy) is 2. The average molecular weight is 322 g/mol. The standard InChI is InChI=1S/C16H13ClFNO3/c17-11-4-3-5-12(18)15(11)16(20)19-8-10-9-21-13-6-1-2-7-14(13)22-10/h1-7,10H,8-9H2,(H,19,20). The second-order valence-electron chi connectivity index (χ2n) is 4.80. The molecule has 0 saturated heterocycles. The van der Waals surface area contributed by atoms with Crippen LogP contribution in [0.2, 0.25) is 5.02 Å². The van der Waals surface area contributed by atoms with Gasteiger partial charge in [0.1, 0.15) is 18.5 Å². The fourth-order valence-electron chi connectivity index (χ4n) is 2.17. The number of rotatable bonds is 3. The van der Waals surface area contributed by atoms with Gasteiger partial charge in [0.05, 0.1) is 17.1 Å². The van der Waals surface area contributed by atoms with E-state index in [9.17, 15) is 9.18 Å². The molecular formula is C16H13ClFNO3. The van der Waals surface area contributed by atoms with E-state index in [2.05, 4.69) is 5.32 Å². The van der Waals surface area contributed by atoms with Crippen LogP contribution in [0.15, 0.2) is 42.5 Å². The fourth-order valence-corrected chi connectivity index (χ4v) is 2.42. The molecule has 6 heteroatoms. The van der Waals surface area contributed by atoms with Gasteiger partial charge in [0.25, 0.3) is 5.91 Å². The molecule has 0 fully saturated rings. The minimum atomic E-state index is -0.656. The number of nitrogens with one attached hydrogen (secondary N) is 1. The molecule has 1 amide bonds. The van der Waals surface area contributed by atoms with Gasteiger partial charge in [-0.3, -0.25) is 4.79 Å². The summed E-state index contributed by atoms with van der Waals surface area (Å²) in [5, 5.41) is 2.69. The van der Waals surface area contributed by atoms with Crippen molar-refractivity contribution in [3.8, 4) is 11.5 Å². The SMILES string of the molecule is O=C(NCC1COc2ccccc2O1)c1c(F)cccc1Cl. The van der Waals surface area contributed by atoms with Crippen LogP contribution in [-0.4, -0.2) is 25.2 Å². The molecular weight excluding hydrogens is 309 g/mol. The molecule has 114 valence electrons. The zero-order chi connectivity index (χ0) is 15.5. The summed E-state index contributed by atoms with van der Waals surface area (Å²) in [6.07, 6.45) is -0.343. The van der Waals surface area contributed by atoms with Crippen LogP contribution in [0.1, 0.15) is 10.4 Å². The molecule has 1 aliphatic rings. The molecule has 3 rings (SSSR count). The number of carbonyl (C=O) groups is 1. The largest absolute Gasteiger partial charge is 0.486 e. The Morgan fingerprint density at radius 2 is 2.00 bits per heavy atom. The minimum Gasteiger partial charge on any atom is -0.486 e. The van der Waals surface area contributed by atoms with Crippen LogP contribution >= 0.6 is 11.6 Å². The number of amides is 1. The Hall–Kier alpha value is -2.27. The molecule has 0 spiro atoms. The molecule has 1 unspecified atom stereocenters. The summed E-state index contributed by atoms with van der Waals surface area (Å²) < 4.78 is 24.9. The van der Waals surface area contributed by atoms with Crippen molar-refractivity contribution in [1.29, 1.82) is 0 Å². The maximum Gasteiger partial charge on any atom is 0.255 e. The van der Waals surface area contributed by atoms with Crippen molar-refractivity contribution in [3.63, 3.8) is 0 Å². The molecule has 0 bridgehead atoms. The van der Waals surface area contributed by atoms with Crippen LogP contribution < -0.4 is 14.8 Å².